The van der Waals surface area contributed by atoms with E-state index in [4.69, 9.17) is 0 Å². The fraction of sp³-hybridized carbons (Fsp3) is 0.227. The zero-order valence-electron chi connectivity index (χ0n) is 16.3. The number of rotatable bonds is 6. The Balaban J connectivity index is 1.35. The third-order valence-corrected chi connectivity index (χ3v) is 7.44. The molecular weight excluding hydrogens is 421 g/mol. The molecule has 156 valence electrons. The van der Waals surface area contributed by atoms with E-state index in [1.165, 1.54) is 33.4 Å². The third-order valence-electron chi connectivity index (χ3n) is 4.99. The van der Waals surface area contributed by atoms with E-state index in [0.717, 1.165) is 21.8 Å². The zero-order chi connectivity index (χ0) is 21.0. The van der Waals surface area contributed by atoms with Crippen molar-refractivity contribution in [1.29, 1.82) is 0 Å². The number of halogens is 1. The lowest BCUT2D eigenvalue weighted by atomic mass is 10.1. The molecule has 0 bridgehead atoms. The SMILES string of the molecule is O=S(=O)(/C=C/c1ccccc1)N1CCN(c2cc(Cc3ccc(F)cc3)ns2)CC1. The average Bonchev–Trinajstić information content (AvgIpc) is 3.23. The largest absolute Gasteiger partial charge is 0.360 e. The van der Waals surface area contributed by atoms with Crippen LogP contribution in [0.5, 0.6) is 0 Å². The molecule has 30 heavy (non-hydrogen) atoms. The topological polar surface area (TPSA) is 53.5 Å². The monoisotopic (exact) mass is 443 g/mol. The fourth-order valence-corrected chi connectivity index (χ4v) is 5.31. The molecule has 0 aliphatic carbocycles. The third kappa shape index (κ3) is 5.13. The average molecular weight is 444 g/mol. The summed E-state index contributed by atoms with van der Waals surface area (Å²) in [5.41, 5.74) is 2.80. The minimum Gasteiger partial charge on any atom is -0.360 e. The molecule has 8 heteroatoms. The Morgan fingerprint density at radius 2 is 1.70 bits per heavy atom. The summed E-state index contributed by atoms with van der Waals surface area (Å²) < 4.78 is 44.3. The molecule has 0 saturated carbocycles. The Morgan fingerprint density at radius 3 is 2.40 bits per heavy atom. The zero-order valence-corrected chi connectivity index (χ0v) is 17.9. The van der Waals surface area contributed by atoms with Crippen molar-refractivity contribution in [1.82, 2.24) is 8.68 Å². The van der Waals surface area contributed by atoms with Crippen LogP contribution in [0.2, 0.25) is 0 Å². The molecule has 0 atom stereocenters. The van der Waals surface area contributed by atoms with Gasteiger partial charge in [-0.3, -0.25) is 0 Å². The van der Waals surface area contributed by atoms with Gasteiger partial charge in [0.05, 0.1) is 5.69 Å². The number of hydrogen-bond donors (Lipinski definition) is 0. The molecule has 0 spiro atoms. The van der Waals surface area contributed by atoms with Crippen LogP contribution in [0.4, 0.5) is 9.39 Å². The molecule has 1 aromatic heterocycles. The normalized spacial score (nSPS) is 15.7. The number of nitrogens with zero attached hydrogens (tertiary/aromatic N) is 3. The van der Waals surface area contributed by atoms with Crippen LogP contribution in [0.25, 0.3) is 6.08 Å². The lowest BCUT2D eigenvalue weighted by molar-refractivity contribution is 0.391. The van der Waals surface area contributed by atoms with E-state index in [-0.39, 0.29) is 5.82 Å². The molecule has 0 radical (unpaired) electrons. The summed E-state index contributed by atoms with van der Waals surface area (Å²) in [7, 11) is -3.44. The summed E-state index contributed by atoms with van der Waals surface area (Å²) in [6, 6.07) is 17.9. The van der Waals surface area contributed by atoms with Gasteiger partial charge in [0, 0.05) is 38.0 Å². The van der Waals surface area contributed by atoms with E-state index < -0.39 is 10.0 Å². The lowest BCUT2D eigenvalue weighted by Crippen LogP contribution is -2.47. The van der Waals surface area contributed by atoms with Crippen LogP contribution in [0.3, 0.4) is 0 Å². The van der Waals surface area contributed by atoms with E-state index in [1.807, 2.05) is 36.4 Å². The Labute approximate surface area is 180 Å². The van der Waals surface area contributed by atoms with Crippen LogP contribution in [-0.2, 0) is 16.4 Å². The summed E-state index contributed by atoms with van der Waals surface area (Å²) >= 11 is 1.41. The smallest absolute Gasteiger partial charge is 0.236 e. The van der Waals surface area contributed by atoms with Crippen LogP contribution in [0.1, 0.15) is 16.8 Å². The van der Waals surface area contributed by atoms with Gasteiger partial charge < -0.3 is 4.90 Å². The summed E-state index contributed by atoms with van der Waals surface area (Å²) in [6.45, 7) is 2.12. The highest BCUT2D eigenvalue weighted by molar-refractivity contribution is 7.92. The second-order valence-electron chi connectivity index (χ2n) is 7.10. The highest BCUT2D eigenvalue weighted by atomic mass is 32.2. The molecule has 0 amide bonds. The standard InChI is InChI=1S/C22H22FN3O2S2/c23-20-8-6-19(7-9-20)16-21-17-22(29-24-21)25-11-13-26(14-12-25)30(27,28)15-10-18-4-2-1-3-5-18/h1-10,15,17H,11-14,16H2/b15-10+. The minimum atomic E-state index is -3.44. The van der Waals surface area contributed by atoms with Gasteiger partial charge in [-0.2, -0.15) is 8.68 Å². The number of anilines is 1. The molecule has 5 nitrogen and oxygen atoms in total. The van der Waals surface area contributed by atoms with Gasteiger partial charge in [0.25, 0.3) is 0 Å². The van der Waals surface area contributed by atoms with E-state index in [0.29, 0.717) is 32.6 Å². The lowest BCUT2D eigenvalue weighted by Gasteiger charge is -2.33. The first-order chi connectivity index (χ1) is 14.5. The van der Waals surface area contributed by atoms with Gasteiger partial charge in [-0.25, -0.2) is 12.8 Å². The first kappa shape index (κ1) is 20.7. The first-order valence-corrected chi connectivity index (χ1v) is 12.0. The molecule has 1 saturated heterocycles. The van der Waals surface area contributed by atoms with Crippen molar-refractivity contribution in [2.45, 2.75) is 6.42 Å². The molecule has 4 rings (SSSR count). The summed E-state index contributed by atoms with van der Waals surface area (Å²) in [6.07, 6.45) is 2.28. The fourth-order valence-electron chi connectivity index (χ4n) is 3.32. The summed E-state index contributed by atoms with van der Waals surface area (Å²) in [4.78, 5) is 2.17. The second kappa shape index (κ2) is 9.07. The van der Waals surface area contributed by atoms with Gasteiger partial charge >= 0.3 is 0 Å². The molecule has 3 aromatic rings. The Hall–Kier alpha value is -2.55. The van der Waals surface area contributed by atoms with Crippen molar-refractivity contribution in [2.24, 2.45) is 0 Å². The number of piperazine rings is 1. The number of aromatic nitrogens is 1. The molecule has 1 aliphatic heterocycles. The van der Waals surface area contributed by atoms with E-state index in [1.54, 1.807) is 18.2 Å². The highest BCUT2D eigenvalue weighted by Crippen LogP contribution is 2.25. The predicted molar refractivity (Wildman–Crippen MR) is 120 cm³/mol. The quantitative estimate of drug-likeness (QED) is 0.578. The Bertz CT molecular complexity index is 1100. The van der Waals surface area contributed by atoms with Gasteiger partial charge in [0.1, 0.15) is 10.8 Å². The second-order valence-corrected chi connectivity index (χ2v) is 9.71. The van der Waals surface area contributed by atoms with Gasteiger partial charge in [0.15, 0.2) is 0 Å². The molecule has 1 fully saturated rings. The molecule has 0 unspecified atom stereocenters. The van der Waals surface area contributed by atoms with E-state index in [2.05, 4.69) is 9.27 Å². The maximum absolute atomic E-state index is 13.1. The number of hydrogen-bond acceptors (Lipinski definition) is 5. The van der Waals surface area contributed by atoms with Gasteiger partial charge in [-0.05, 0) is 46.9 Å². The first-order valence-electron chi connectivity index (χ1n) is 9.68. The van der Waals surface area contributed by atoms with Crippen LogP contribution < -0.4 is 4.90 Å². The number of benzene rings is 2. The maximum Gasteiger partial charge on any atom is 0.236 e. The summed E-state index contributed by atoms with van der Waals surface area (Å²) in [5, 5.41) is 2.31. The van der Waals surface area contributed by atoms with E-state index >= 15 is 0 Å². The van der Waals surface area contributed by atoms with Crippen molar-refractivity contribution >= 4 is 32.6 Å². The number of sulfonamides is 1. The van der Waals surface area contributed by atoms with Crippen LogP contribution in [0.15, 0.2) is 66.1 Å². The minimum absolute atomic E-state index is 0.246. The summed E-state index contributed by atoms with van der Waals surface area (Å²) in [5.74, 6) is -0.246. The maximum atomic E-state index is 13.1. The Morgan fingerprint density at radius 1 is 1.00 bits per heavy atom. The van der Waals surface area contributed by atoms with Gasteiger partial charge in [-0.1, -0.05) is 42.5 Å². The van der Waals surface area contributed by atoms with Gasteiger partial charge in [0.2, 0.25) is 10.0 Å². The van der Waals surface area contributed by atoms with Crippen LogP contribution in [-0.4, -0.2) is 43.3 Å². The van der Waals surface area contributed by atoms with Crippen molar-refractivity contribution in [2.75, 3.05) is 31.1 Å². The van der Waals surface area contributed by atoms with Crippen LogP contribution >= 0.6 is 11.5 Å². The van der Waals surface area contributed by atoms with Crippen LogP contribution in [0, 0.1) is 5.82 Å². The van der Waals surface area contributed by atoms with Gasteiger partial charge in [-0.15, -0.1) is 0 Å². The predicted octanol–water partition coefficient (Wildman–Crippen LogP) is 4.00. The Kier molecular flexibility index (Phi) is 6.26. The highest BCUT2D eigenvalue weighted by Gasteiger charge is 2.26. The van der Waals surface area contributed by atoms with Crippen molar-refractivity contribution in [3.05, 3.63) is 88.7 Å². The van der Waals surface area contributed by atoms with Crippen molar-refractivity contribution < 1.29 is 12.8 Å². The van der Waals surface area contributed by atoms with Crippen molar-refractivity contribution in [3.63, 3.8) is 0 Å². The molecule has 0 N–H and O–H groups in total. The molecular formula is C22H22FN3O2S2. The van der Waals surface area contributed by atoms with Crippen molar-refractivity contribution in [3.8, 4) is 0 Å². The molecule has 2 aromatic carbocycles. The molecule has 1 aliphatic rings. The van der Waals surface area contributed by atoms with E-state index in [9.17, 15) is 12.8 Å². The molecule has 2 heterocycles.